The van der Waals surface area contributed by atoms with Crippen molar-refractivity contribution in [1.82, 2.24) is 5.32 Å². The summed E-state index contributed by atoms with van der Waals surface area (Å²) in [6, 6.07) is 0. The molecule has 0 bridgehead atoms. The van der Waals surface area contributed by atoms with Crippen LogP contribution in [0.2, 0.25) is 0 Å². The van der Waals surface area contributed by atoms with E-state index in [2.05, 4.69) is 19.2 Å². The summed E-state index contributed by atoms with van der Waals surface area (Å²) in [5.74, 6) is 0.617. The molecule has 1 atom stereocenters. The zero-order valence-corrected chi connectivity index (χ0v) is 9.42. The molecule has 0 aromatic rings. The molecule has 1 unspecified atom stereocenters. The van der Waals surface area contributed by atoms with Crippen molar-refractivity contribution in [2.24, 2.45) is 5.92 Å². The van der Waals surface area contributed by atoms with Gasteiger partial charge in [0.1, 0.15) is 0 Å². The summed E-state index contributed by atoms with van der Waals surface area (Å²) in [6.07, 6.45) is 2.83. The molecule has 1 saturated heterocycles. The van der Waals surface area contributed by atoms with Crippen molar-refractivity contribution < 1.29 is 9.47 Å². The minimum atomic E-state index is 0.409. The molecular weight excluding hydrogens is 178 g/mol. The second-order valence-corrected chi connectivity index (χ2v) is 4.31. The van der Waals surface area contributed by atoms with Gasteiger partial charge in [-0.25, -0.2) is 0 Å². The number of hydrogen-bond donors (Lipinski definition) is 1. The lowest BCUT2D eigenvalue weighted by molar-refractivity contribution is -0.00889. The minimum absolute atomic E-state index is 0.409. The summed E-state index contributed by atoms with van der Waals surface area (Å²) in [4.78, 5) is 0. The predicted octanol–water partition coefficient (Wildman–Crippen LogP) is 1.43. The number of rotatable bonds is 6. The molecule has 14 heavy (non-hydrogen) atoms. The van der Waals surface area contributed by atoms with Crippen molar-refractivity contribution in [2.45, 2.75) is 32.8 Å². The molecule has 0 aromatic carbocycles. The van der Waals surface area contributed by atoms with E-state index in [1.807, 2.05) is 0 Å². The summed E-state index contributed by atoms with van der Waals surface area (Å²) in [5, 5.41) is 3.33. The third kappa shape index (κ3) is 5.58. The smallest absolute Gasteiger partial charge is 0.0704 e. The summed E-state index contributed by atoms with van der Waals surface area (Å²) in [5.41, 5.74) is 0. The van der Waals surface area contributed by atoms with Gasteiger partial charge in [-0.05, 0) is 25.3 Å². The molecule has 84 valence electrons. The molecule has 1 aliphatic rings. The summed E-state index contributed by atoms with van der Waals surface area (Å²) in [7, 11) is 0. The molecule has 1 heterocycles. The van der Waals surface area contributed by atoms with Gasteiger partial charge in [0.05, 0.1) is 19.3 Å². The van der Waals surface area contributed by atoms with Crippen LogP contribution in [0.5, 0.6) is 0 Å². The molecule has 3 nitrogen and oxygen atoms in total. The zero-order chi connectivity index (χ0) is 10.2. The van der Waals surface area contributed by atoms with Crippen LogP contribution in [0.3, 0.4) is 0 Å². The lowest BCUT2D eigenvalue weighted by Gasteiger charge is -2.23. The molecule has 1 rings (SSSR count). The van der Waals surface area contributed by atoms with E-state index in [0.29, 0.717) is 12.0 Å². The van der Waals surface area contributed by atoms with Crippen molar-refractivity contribution in [2.75, 3.05) is 32.9 Å². The van der Waals surface area contributed by atoms with E-state index in [1.165, 1.54) is 12.8 Å². The maximum absolute atomic E-state index is 5.68. The Morgan fingerprint density at radius 2 is 2.21 bits per heavy atom. The Morgan fingerprint density at radius 3 is 2.86 bits per heavy atom. The third-order valence-corrected chi connectivity index (χ3v) is 2.28. The molecule has 1 aliphatic heterocycles. The van der Waals surface area contributed by atoms with Gasteiger partial charge in [0.2, 0.25) is 0 Å². The van der Waals surface area contributed by atoms with E-state index in [0.717, 1.165) is 32.9 Å². The van der Waals surface area contributed by atoms with Crippen molar-refractivity contribution in [1.29, 1.82) is 0 Å². The Labute approximate surface area is 87.2 Å². The first-order valence-electron chi connectivity index (χ1n) is 5.69. The summed E-state index contributed by atoms with van der Waals surface area (Å²) >= 11 is 0. The van der Waals surface area contributed by atoms with Crippen LogP contribution in [0.4, 0.5) is 0 Å². The van der Waals surface area contributed by atoms with Crippen LogP contribution in [0.1, 0.15) is 26.7 Å². The largest absolute Gasteiger partial charge is 0.379 e. The molecule has 0 aliphatic carbocycles. The number of nitrogens with one attached hydrogen (secondary N) is 1. The van der Waals surface area contributed by atoms with Crippen LogP contribution in [0, 0.1) is 5.92 Å². The first-order valence-corrected chi connectivity index (χ1v) is 5.69. The highest BCUT2D eigenvalue weighted by molar-refractivity contribution is 4.68. The average Bonchev–Trinajstić information content (AvgIpc) is 2.18. The number of piperidine rings is 1. The maximum atomic E-state index is 5.68. The lowest BCUT2D eigenvalue weighted by Crippen LogP contribution is -2.35. The molecule has 1 N–H and O–H groups in total. The SMILES string of the molecule is CC(C)COCCOC1CCCNC1. The Morgan fingerprint density at radius 1 is 1.36 bits per heavy atom. The highest BCUT2D eigenvalue weighted by atomic mass is 16.5. The monoisotopic (exact) mass is 201 g/mol. The lowest BCUT2D eigenvalue weighted by atomic mass is 10.1. The molecule has 3 heteroatoms. The van der Waals surface area contributed by atoms with Crippen LogP contribution in [0.15, 0.2) is 0 Å². The van der Waals surface area contributed by atoms with Gasteiger partial charge in [-0.1, -0.05) is 13.8 Å². The Balaban J connectivity index is 1.87. The van der Waals surface area contributed by atoms with Gasteiger partial charge in [-0.3, -0.25) is 0 Å². The van der Waals surface area contributed by atoms with E-state index in [1.54, 1.807) is 0 Å². The summed E-state index contributed by atoms with van der Waals surface area (Å²) < 4.78 is 11.1. The molecule has 0 radical (unpaired) electrons. The Bertz CT molecular complexity index is 133. The normalized spacial score (nSPS) is 22.9. The molecular formula is C11H23NO2. The van der Waals surface area contributed by atoms with Crippen LogP contribution in [0.25, 0.3) is 0 Å². The topological polar surface area (TPSA) is 30.5 Å². The van der Waals surface area contributed by atoms with E-state index in [4.69, 9.17) is 9.47 Å². The number of ether oxygens (including phenoxy) is 2. The van der Waals surface area contributed by atoms with E-state index >= 15 is 0 Å². The van der Waals surface area contributed by atoms with Crippen molar-refractivity contribution in [3.8, 4) is 0 Å². The fourth-order valence-corrected chi connectivity index (χ4v) is 1.55. The second-order valence-electron chi connectivity index (χ2n) is 4.31. The van der Waals surface area contributed by atoms with Gasteiger partial charge in [0.15, 0.2) is 0 Å². The standard InChI is InChI=1S/C11H23NO2/c1-10(2)9-13-6-7-14-11-4-3-5-12-8-11/h10-12H,3-9H2,1-2H3. The van der Waals surface area contributed by atoms with Crippen LogP contribution in [-0.4, -0.2) is 39.0 Å². The van der Waals surface area contributed by atoms with E-state index in [9.17, 15) is 0 Å². The van der Waals surface area contributed by atoms with Crippen molar-refractivity contribution in [3.05, 3.63) is 0 Å². The molecule has 0 amide bonds. The van der Waals surface area contributed by atoms with Gasteiger partial charge < -0.3 is 14.8 Å². The second kappa shape index (κ2) is 7.21. The highest BCUT2D eigenvalue weighted by Gasteiger charge is 2.12. The first-order chi connectivity index (χ1) is 6.79. The van der Waals surface area contributed by atoms with Gasteiger partial charge in [-0.15, -0.1) is 0 Å². The fourth-order valence-electron chi connectivity index (χ4n) is 1.55. The van der Waals surface area contributed by atoms with Gasteiger partial charge in [-0.2, -0.15) is 0 Å². The van der Waals surface area contributed by atoms with Crippen molar-refractivity contribution in [3.63, 3.8) is 0 Å². The van der Waals surface area contributed by atoms with Gasteiger partial charge in [0.25, 0.3) is 0 Å². The molecule has 0 aromatic heterocycles. The fraction of sp³-hybridized carbons (Fsp3) is 1.00. The van der Waals surface area contributed by atoms with Crippen molar-refractivity contribution >= 4 is 0 Å². The predicted molar refractivity (Wildman–Crippen MR) is 57.5 cm³/mol. The van der Waals surface area contributed by atoms with Gasteiger partial charge >= 0.3 is 0 Å². The quantitative estimate of drug-likeness (QED) is 0.659. The molecule has 1 fully saturated rings. The average molecular weight is 201 g/mol. The Kier molecular flexibility index (Phi) is 6.15. The molecule has 0 saturated carbocycles. The molecule has 0 spiro atoms. The Hall–Kier alpha value is -0.120. The van der Waals surface area contributed by atoms with Crippen LogP contribution in [-0.2, 0) is 9.47 Å². The zero-order valence-electron chi connectivity index (χ0n) is 9.42. The van der Waals surface area contributed by atoms with E-state index < -0.39 is 0 Å². The van der Waals surface area contributed by atoms with Crippen LogP contribution < -0.4 is 5.32 Å². The van der Waals surface area contributed by atoms with Crippen LogP contribution >= 0.6 is 0 Å². The first kappa shape index (κ1) is 12.0. The third-order valence-electron chi connectivity index (χ3n) is 2.28. The number of hydrogen-bond acceptors (Lipinski definition) is 3. The van der Waals surface area contributed by atoms with E-state index in [-0.39, 0.29) is 0 Å². The minimum Gasteiger partial charge on any atom is -0.379 e. The summed E-state index contributed by atoms with van der Waals surface area (Å²) in [6.45, 7) is 8.77. The maximum Gasteiger partial charge on any atom is 0.0704 e. The highest BCUT2D eigenvalue weighted by Crippen LogP contribution is 2.05. The van der Waals surface area contributed by atoms with Gasteiger partial charge in [0, 0.05) is 13.2 Å².